The van der Waals surface area contributed by atoms with Crippen LogP contribution in [0.2, 0.25) is 0 Å². The van der Waals surface area contributed by atoms with Crippen molar-refractivity contribution in [2.24, 2.45) is 5.41 Å². The van der Waals surface area contributed by atoms with E-state index >= 15 is 0 Å². The molecule has 1 amide bonds. The highest BCUT2D eigenvalue weighted by molar-refractivity contribution is 9.09. The van der Waals surface area contributed by atoms with E-state index in [1.165, 1.54) is 5.56 Å². The Morgan fingerprint density at radius 1 is 1.28 bits per heavy atom. The van der Waals surface area contributed by atoms with E-state index in [9.17, 15) is 4.79 Å². The summed E-state index contributed by atoms with van der Waals surface area (Å²) in [6.07, 6.45) is 0. The maximum absolute atomic E-state index is 11.9. The molecule has 2 rings (SSSR count). The van der Waals surface area contributed by atoms with Gasteiger partial charge in [-0.05, 0) is 36.5 Å². The van der Waals surface area contributed by atoms with Crippen LogP contribution in [0.5, 0.6) is 0 Å². The SMILES string of the molecule is CC1(C)C(=O)Nc2ccc(C(Br)C(C)(C)C)cc21. The van der Waals surface area contributed by atoms with Crippen molar-refractivity contribution in [2.75, 3.05) is 5.32 Å². The van der Waals surface area contributed by atoms with Crippen molar-refractivity contribution in [3.63, 3.8) is 0 Å². The standard InChI is InChI=1S/C15H20BrNO/c1-14(2,3)12(16)9-6-7-11-10(8-9)15(4,5)13(18)17-11/h6-8,12H,1-5H3,(H,17,18). The van der Waals surface area contributed by atoms with E-state index in [1.807, 2.05) is 19.9 Å². The Morgan fingerprint density at radius 3 is 2.44 bits per heavy atom. The Kier molecular flexibility index (Phi) is 3.09. The fourth-order valence-corrected chi connectivity index (χ4v) is 2.53. The van der Waals surface area contributed by atoms with Gasteiger partial charge in [0.25, 0.3) is 0 Å². The molecule has 1 N–H and O–H groups in total. The monoisotopic (exact) mass is 309 g/mol. The largest absolute Gasteiger partial charge is 0.325 e. The van der Waals surface area contributed by atoms with E-state index < -0.39 is 5.41 Å². The number of hydrogen-bond donors (Lipinski definition) is 1. The fraction of sp³-hybridized carbons (Fsp3) is 0.533. The number of anilines is 1. The van der Waals surface area contributed by atoms with Crippen molar-refractivity contribution in [1.82, 2.24) is 0 Å². The van der Waals surface area contributed by atoms with Gasteiger partial charge in [0.05, 0.1) is 5.41 Å². The van der Waals surface area contributed by atoms with Crippen molar-refractivity contribution < 1.29 is 4.79 Å². The second kappa shape index (κ2) is 4.09. The first-order chi connectivity index (χ1) is 8.14. The van der Waals surface area contributed by atoms with Crippen molar-refractivity contribution in [3.05, 3.63) is 29.3 Å². The molecule has 0 spiro atoms. The Bertz CT molecular complexity index is 500. The highest BCUT2D eigenvalue weighted by Gasteiger charge is 2.39. The van der Waals surface area contributed by atoms with E-state index in [2.05, 4.69) is 54.2 Å². The summed E-state index contributed by atoms with van der Waals surface area (Å²) in [5.74, 6) is 0.0801. The van der Waals surface area contributed by atoms with Crippen molar-refractivity contribution in [3.8, 4) is 0 Å². The molecule has 0 aliphatic carbocycles. The summed E-state index contributed by atoms with van der Waals surface area (Å²) in [6, 6.07) is 6.25. The van der Waals surface area contributed by atoms with E-state index in [0.29, 0.717) is 0 Å². The summed E-state index contributed by atoms with van der Waals surface area (Å²) in [4.78, 5) is 12.2. The number of nitrogens with one attached hydrogen (secondary N) is 1. The minimum atomic E-state index is -0.435. The van der Waals surface area contributed by atoms with Gasteiger partial charge in [-0.1, -0.05) is 48.8 Å². The van der Waals surface area contributed by atoms with Gasteiger partial charge in [0.1, 0.15) is 0 Å². The lowest BCUT2D eigenvalue weighted by Gasteiger charge is -2.27. The van der Waals surface area contributed by atoms with Gasteiger partial charge >= 0.3 is 0 Å². The minimum Gasteiger partial charge on any atom is -0.325 e. The summed E-state index contributed by atoms with van der Waals surface area (Å²) >= 11 is 3.76. The molecule has 0 radical (unpaired) electrons. The highest BCUT2D eigenvalue weighted by Crippen LogP contribution is 2.44. The molecule has 1 aromatic carbocycles. The third kappa shape index (κ3) is 2.09. The van der Waals surface area contributed by atoms with Gasteiger partial charge in [-0.3, -0.25) is 4.79 Å². The summed E-state index contributed by atoms with van der Waals surface area (Å²) in [5.41, 5.74) is 2.98. The second-order valence-corrected chi connectivity index (χ2v) is 7.53. The Balaban J connectivity index is 2.47. The van der Waals surface area contributed by atoms with Crippen LogP contribution in [0.15, 0.2) is 18.2 Å². The quantitative estimate of drug-likeness (QED) is 0.765. The molecule has 0 fully saturated rings. The molecule has 0 aromatic heterocycles. The first-order valence-corrected chi connectivity index (χ1v) is 7.15. The number of carbonyl (C=O) groups is 1. The molecule has 0 bridgehead atoms. The van der Waals surface area contributed by atoms with Crippen molar-refractivity contribution >= 4 is 27.5 Å². The molecule has 1 aliphatic rings. The molecule has 3 heteroatoms. The van der Waals surface area contributed by atoms with Crippen LogP contribution in [0.1, 0.15) is 50.6 Å². The fourth-order valence-electron chi connectivity index (χ4n) is 2.25. The second-order valence-electron chi connectivity index (χ2n) is 6.61. The topological polar surface area (TPSA) is 29.1 Å². The summed E-state index contributed by atoms with van der Waals surface area (Å²) in [7, 11) is 0. The normalized spacial score (nSPS) is 19.3. The Morgan fingerprint density at radius 2 is 1.89 bits per heavy atom. The van der Waals surface area contributed by atoms with E-state index in [-0.39, 0.29) is 16.1 Å². The van der Waals surface area contributed by atoms with Crippen LogP contribution in [0, 0.1) is 5.41 Å². The summed E-state index contributed by atoms with van der Waals surface area (Å²) in [5, 5.41) is 2.94. The predicted molar refractivity (Wildman–Crippen MR) is 79.2 cm³/mol. The predicted octanol–water partition coefficient (Wildman–Crippen LogP) is 4.40. The number of benzene rings is 1. The molecule has 1 unspecified atom stereocenters. The van der Waals surface area contributed by atoms with Crippen molar-refractivity contribution in [2.45, 2.75) is 44.9 Å². The molecular weight excluding hydrogens is 290 g/mol. The number of rotatable bonds is 1. The molecule has 0 saturated heterocycles. The van der Waals surface area contributed by atoms with Crippen molar-refractivity contribution in [1.29, 1.82) is 0 Å². The maximum Gasteiger partial charge on any atom is 0.234 e. The molecule has 2 nitrogen and oxygen atoms in total. The number of hydrogen-bond acceptors (Lipinski definition) is 1. The zero-order valence-corrected chi connectivity index (χ0v) is 13.2. The third-order valence-electron chi connectivity index (χ3n) is 3.59. The first-order valence-electron chi connectivity index (χ1n) is 6.24. The molecule has 98 valence electrons. The number of carbonyl (C=O) groups excluding carboxylic acids is 1. The first kappa shape index (κ1) is 13.6. The molecule has 1 aromatic rings. The van der Waals surface area contributed by atoms with Gasteiger partial charge in [-0.25, -0.2) is 0 Å². The van der Waals surface area contributed by atoms with Gasteiger partial charge in [0, 0.05) is 10.5 Å². The number of fused-ring (bicyclic) bond motifs is 1. The number of amides is 1. The number of alkyl halides is 1. The molecule has 1 atom stereocenters. The summed E-state index contributed by atoms with van der Waals surface area (Å²) < 4.78 is 0. The minimum absolute atomic E-state index is 0.0801. The molecule has 1 heterocycles. The highest BCUT2D eigenvalue weighted by atomic mass is 79.9. The lowest BCUT2D eigenvalue weighted by Crippen LogP contribution is -2.27. The average molecular weight is 310 g/mol. The summed E-state index contributed by atoms with van der Waals surface area (Å²) in [6.45, 7) is 10.5. The maximum atomic E-state index is 11.9. The van der Waals surface area contributed by atoms with Crippen LogP contribution >= 0.6 is 15.9 Å². The number of halogens is 1. The van der Waals surface area contributed by atoms with Crippen LogP contribution in [0.3, 0.4) is 0 Å². The zero-order chi connectivity index (χ0) is 13.7. The van der Waals surface area contributed by atoms with Gasteiger partial charge in [0.2, 0.25) is 5.91 Å². The van der Waals surface area contributed by atoms with Gasteiger partial charge < -0.3 is 5.32 Å². The average Bonchev–Trinajstić information content (AvgIpc) is 2.48. The molecule has 0 saturated carbocycles. The Hall–Kier alpha value is -0.830. The van der Waals surface area contributed by atoms with Gasteiger partial charge in [-0.2, -0.15) is 0 Å². The lowest BCUT2D eigenvalue weighted by atomic mass is 9.82. The lowest BCUT2D eigenvalue weighted by molar-refractivity contribution is -0.119. The van der Waals surface area contributed by atoms with Crippen LogP contribution in [-0.4, -0.2) is 5.91 Å². The zero-order valence-electron chi connectivity index (χ0n) is 11.6. The smallest absolute Gasteiger partial charge is 0.234 e. The molecule has 1 aliphatic heterocycles. The third-order valence-corrected chi connectivity index (χ3v) is 5.49. The molecule has 18 heavy (non-hydrogen) atoms. The van der Waals surface area contributed by atoms with Crippen LogP contribution in [0.25, 0.3) is 0 Å². The van der Waals surface area contributed by atoms with Gasteiger partial charge in [0.15, 0.2) is 0 Å². The van der Waals surface area contributed by atoms with E-state index in [1.54, 1.807) is 0 Å². The Labute approximate surface area is 117 Å². The van der Waals surface area contributed by atoms with Crippen LogP contribution in [0.4, 0.5) is 5.69 Å². The van der Waals surface area contributed by atoms with Gasteiger partial charge in [-0.15, -0.1) is 0 Å². The van der Waals surface area contributed by atoms with Crippen LogP contribution in [-0.2, 0) is 10.2 Å². The molecular formula is C15H20BrNO. The van der Waals surface area contributed by atoms with Crippen LogP contribution < -0.4 is 5.32 Å². The van der Waals surface area contributed by atoms with E-state index in [0.717, 1.165) is 11.3 Å². The van der Waals surface area contributed by atoms with E-state index in [4.69, 9.17) is 0 Å².